The quantitative estimate of drug-likeness (QED) is 0.171. The van der Waals surface area contributed by atoms with E-state index < -0.39 is 0 Å². The van der Waals surface area contributed by atoms with Gasteiger partial charge in [-0.05, 0) is 76.4 Å². The van der Waals surface area contributed by atoms with Gasteiger partial charge in [0, 0.05) is 44.9 Å². The Balaban J connectivity index is 1.13. The van der Waals surface area contributed by atoms with Crippen molar-refractivity contribution >= 4 is 28.4 Å². The first-order valence-electron chi connectivity index (χ1n) is 19.0. The predicted molar refractivity (Wildman–Crippen MR) is 226 cm³/mol. The number of nitrogens with zero attached hydrogens (tertiary/aromatic N) is 4. The maximum Gasteiger partial charge on any atom is 0.164 e. The molecule has 2 atom stereocenters. The normalized spacial score (nSPS) is 15.4. The molecule has 2 aliphatic rings. The van der Waals surface area contributed by atoms with Gasteiger partial charge in [-0.1, -0.05) is 146 Å². The Morgan fingerprint density at radius 1 is 0.464 bits per heavy atom. The molecule has 0 saturated carbocycles. The second-order valence-electron chi connectivity index (χ2n) is 14.4. The van der Waals surface area contributed by atoms with Crippen molar-refractivity contribution in [3.05, 3.63) is 205 Å². The monoisotopic (exact) mass is 718 g/mol. The number of hydrogen-bond acceptors (Lipinski definition) is 5. The van der Waals surface area contributed by atoms with Crippen molar-refractivity contribution in [2.45, 2.75) is 12.0 Å². The summed E-state index contributed by atoms with van der Waals surface area (Å²) in [5.74, 6) is 2.74. The molecule has 0 saturated heterocycles. The van der Waals surface area contributed by atoms with Gasteiger partial charge in [0.25, 0.3) is 0 Å². The molecule has 1 aliphatic carbocycles. The molecule has 11 rings (SSSR count). The molecule has 0 N–H and O–H groups in total. The van der Waals surface area contributed by atoms with Crippen molar-refractivity contribution in [1.29, 1.82) is 0 Å². The van der Waals surface area contributed by atoms with Gasteiger partial charge >= 0.3 is 0 Å². The summed E-state index contributed by atoms with van der Waals surface area (Å²) in [4.78, 5) is 18.2. The van der Waals surface area contributed by atoms with Crippen molar-refractivity contribution in [2.75, 3.05) is 4.90 Å². The third-order valence-corrected chi connectivity index (χ3v) is 11.1. The molecular weight excluding hydrogens is 685 g/mol. The SMILES string of the molecule is C1=CC2C(c3ccccc3N2c2ccccc2)c2c1oc1cccc(-c3nc(-c4ccccc4)nc(-c4cc(-c5ccccc5)cc(-c5ccccc5)c4)n3)c21. The van der Waals surface area contributed by atoms with E-state index >= 15 is 0 Å². The van der Waals surface area contributed by atoms with Gasteiger partial charge in [0.1, 0.15) is 11.3 Å². The fourth-order valence-electron chi connectivity index (χ4n) is 8.58. The third kappa shape index (κ3) is 5.36. The van der Waals surface area contributed by atoms with Crippen LogP contribution in [0, 0.1) is 0 Å². The molecule has 9 aromatic rings. The topological polar surface area (TPSA) is 55.1 Å². The Morgan fingerprint density at radius 3 is 1.70 bits per heavy atom. The lowest BCUT2D eigenvalue weighted by atomic mass is 9.82. The standard InChI is InChI=1S/C51H34N4O/c1-5-16-33(17-6-1)36-30-37(34-18-7-2-8-19-34)32-38(31-36)50-52-49(35-20-9-3-10-21-35)53-51(54-50)41-25-15-27-44-47(41)48-45(56-44)29-28-43-46(48)40-24-13-14-26-42(40)55(43)39-22-11-4-12-23-39/h1-32,43,46H. The summed E-state index contributed by atoms with van der Waals surface area (Å²) in [5, 5.41) is 1.03. The highest BCUT2D eigenvalue weighted by atomic mass is 16.3. The number of aromatic nitrogens is 3. The van der Waals surface area contributed by atoms with Crippen LogP contribution in [-0.2, 0) is 0 Å². The van der Waals surface area contributed by atoms with Crippen molar-refractivity contribution in [3.8, 4) is 56.4 Å². The highest BCUT2D eigenvalue weighted by Gasteiger charge is 2.43. The molecule has 2 aromatic heterocycles. The first kappa shape index (κ1) is 32.1. The van der Waals surface area contributed by atoms with E-state index in [4.69, 9.17) is 19.4 Å². The Morgan fingerprint density at radius 2 is 1.02 bits per heavy atom. The largest absolute Gasteiger partial charge is 0.456 e. The molecule has 7 aromatic carbocycles. The number of hydrogen-bond donors (Lipinski definition) is 0. The summed E-state index contributed by atoms with van der Waals surface area (Å²) in [6, 6.07) is 63.5. The van der Waals surface area contributed by atoms with E-state index in [1.165, 1.54) is 11.3 Å². The molecule has 0 spiro atoms. The first-order valence-corrected chi connectivity index (χ1v) is 19.0. The minimum atomic E-state index is 0.0414. The highest BCUT2D eigenvalue weighted by molar-refractivity contribution is 5.99. The van der Waals surface area contributed by atoms with E-state index in [2.05, 4.69) is 163 Å². The Bertz CT molecular complexity index is 2860. The maximum atomic E-state index is 6.70. The zero-order valence-electron chi connectivity index (χ0n) is 30.3. The first-order chi connectivity index (χ1) is 27.8. The van der Waals surface area contributed by atoms with Gasteiger partial charge in [-0.15, -0.1) is 0 Å². The molecule has 0 amide bonds. The highest BCUT2D eigenvalue weighted by Crippen LogP contribution is 2.54. The van der Waals surface area contributed by atoms with Gasteiger partial charge in [-0.3, -0.25) is 0 Å². The summed E-state index contributed by atoms with van der Waals surface area (Å²) < 4.78 is 6.70. The van der Waals surface area contributed by atoms with Crippen LogP contribution in [0.1, 0.15) is 22.8 Å². The van der Waals surface area contributed by atoms with Gasteiger partial charge in [0.2, 0.25) is 0 Å². The van der Waals surface area contributed by atoms with Crippen LogP contribution in [0.15, 0.2) is 192 Å². The van der Waals surface area contributed by atoms with E-state index in [0.717, 1.165) is 66.9 Å². The molecule has 5 heteroatoms. The summed E-state index contributed by atoms with van der Waals surface area (Å²) in [6.45, 7) is 0. The molecule has 5 nitrogen and oxygen atoms in total. The van der Waals surface area contributed by atoms with Crippen LogP contribution in [0.25, 0.3) is 73.5 Å². The average Bonchev–Trinajstić information content (AvgIpc) is 3.83. The fraction of sp³-hybridized carbons (Fsp3) is 0.0392. The Kier molecular flexibility index (Phi) is 7.56. The number of furan rings is 1. The van der Waals surface area contributed by atoms with Gasteiger partial charge < -0.3 is 9.32 Å². The van der Waals surface area contributed by atoms with Crippen molar-refractivity contribution < 1.29 is 4.42 Å². The minimum Gasteiger partial charge on any atom is -0.456 e. The zero-order chi connectivity index (χ0) is 37.0. The molecule has 1 aliphatic heterocycles. The molecule has 0 bridgehead atoms. The van der Waals surface area contributed by atoms with Crippen LogP contribution < -0.4 is 4.90 Å². The second kappa shape index (κ2) is 13.2. The maximum absolute atomic E-state index is 6.70. The number of fused-ring (bicyclic) bond motifs is 7. The van der Waals surface area contributed by atoms with Crippen LogP contribution >= 0.6 is 0 Å². The smallest absolute Gasteiger partial charge is 0.164 e. The van der Waals surface area contributed by atoms with E-state index in [9.17, 15) is 0 Å². The van der Waals surface area contributed by atoms with Gasteiger partial charge in [-0.2, -0.15) is 0 Å². The average molecular weight is 719 g/mol. The molecule has 3 heterocycles. The Labute approximate surface area is 324 Å². The van der Waals surface area contributed by atoms with Crippen LogP contribution in [0.2, 0.25) is 0 Å². The van der Waals surface area contributed by atoms with Crippen LogP contribution in [-0.4, -0.2) is 21.0 Å². The summed E-state index contributed by atoms with van der Waals surface area (Å²) in [7, 11) is 0. The van der Waals surface area contributed by atoms with Crippen molar-refractivity contribution in [3.63, 3.8) is 0 Å². The summed E-state index contributed by atoms with van der Waals surface area (Å²) >= 11 is 0. The zero-order valence-corrected chi connectivity index (χ0v) is 30.3. The lowest BCUT2D eigenvalue weighted by Gasteiger charge is -2.30. The third-order valence-electron chi connectivity index (χ3n) is 11.1. The number of para-hydroxylation sites is 2. The molecule has 264 valence electrons. The van der Waals surface area contributed by atoms with Gasteiger partial charge in [0.15, 0.2) is 17.5 Å². The second-order valence-corrected chi connectivity index (χ2v) is 14.4. The predicted octanol–water partition coefficient (Wildman–Crippen LogP) is 12.6. The lowest BCUT2D eigenvalue weighted by molar-refractivity contribution is 0.584. The Hall–Kier alpha value is -7.37. The summed E-state index contributed by atoms with van der Waals surface area (Å²) in [5.41, 5.74) is 12.8. The van der Waals surface area contributed by atoms with E-state index in [1.807, 2.05) is 36.4 Å². The molecule has 2 unspecified atom stereocenters. The lowest BCUT2D eigenvalue weighted by Crippen LogP contribution is -2.30. The van der Waals surface area contributed by atoms with E-state index in [-0.39, 0.29) is 12.0 Å². The molecule has 0 radical (unpaired) electrons. The van der Waals surface area contributed by atoms with Crippen LogP contribution in [0.4, 0.5) is 11.4 Å². The minimum absolute atomic E-state index is 0.0414. The number of rotatable bonds is 6. The van der Waals surface area contributed by atoms with Crippen molar-refractivity contribution in [2.24, 2.45) is 0 Å². The van der Waals surface area contributed by atoms with Gasteiger partial charge in [-0.25, -0.2) is 15.0 Å². The van der Waals surface area contributed by atoms with Crippen molar-refractivity contribution in [1.82, 2.24) is 15.0 Å². The van der Waals surface area contributed by atoms with E-state index in [1.54, 1.807) is 0 Å². The fourth-order valence-corrected chi connectivity index (χ4v) is 8.58. The molecule has 56 heavy (non-hydrogen) atoms. The number of anilines is 2. The summed E-state index contributed by atoms with van der Waals surface area (Å²) in [6.07, 6.45) is 4.44. The molecule has 0 fully saturated rings. The van der Waals surface area contributed by atoms with Gasteiger partial charge in [0.05, 0.1) is 6.04 Å². The van der Waals surface area contributed by atoms with E-state index in [0.29, 0.717) is 17.5 Å². The molecular formula is C51H34N4O. The number of benzene rings is 7. The van der Waals surface area contributed by atoms with Crippen LogP contribution in [0.3, 0.4) is 0 Å². The van der Waals surface area contributed by atoms with Crippen LogP contribution in [0.5, 0.6) is 0 Å².